The summed E-state index contributed by atoms with van der Waals surface area (Å²) in [7, 11) is 0. The van der Waals surface area contributed by atoms with Gasteiger partial charge < -0.3 is 14.6 Å². The summed E-state index contributed by atoms with van der Waals surface area (Å²) < 4.78 is 10.4. The summed E-state index contributed by atoms with van der Waals surface area (Å²) in [6, 6.07) is 16.3. The van der Waals surface area contributed by atoms with Crippen LogP contribution in [0, 0.1) is 0 Å². The molecule has 0 unspecified atom stereocenters. The Kier molecular flexibility index (Phi) is 8.32. The van der Waals surface area contributed by atoms with Gasteiger partial charge in [-0.15, -0.1) is 0 Å². The molecule has 0 saturated carbocycles. The number of nitrogens with one attached hydrogen (secondary N) is 1. The zero-order valence-corrected chi connectivity index (χ0v) is 15.4. The van der Waals surface area contributed by atoms with Gasteiger partial charge in [0.1, 0.15) is 13.2 Å². The molecule has 0 aliphatic carbocycles. The number of hydrogen-bond donors (Lipinski definition) is 2. The Morgan fingerprint density at radius 2 is 1.70 bits per heavy atom. The van der Waals surface area contributed by atoms with Crippen molar-refractivity contribution in [2.24, 2.45) is 0 Å². The van der Waals surface area contributed by atoms with Crippen molar-refractivity contribution < 1.29 is 24.2 Å². The number of carbonyl (C=O) groups excluding carboxylic acids is 2. The second-order valence-corrected chi connectivity index (χ2v) is 6.11. The van der Waals surface area contributed by atoms with Gasteiger partial charge in [0.15, 0.2) is 6.10 Å². The molecule has 0 saturated heterocycles. The lowest BCUT2D eigenvalue weighted by atomic mass is 10.1. The molecule has 0 aliphatic rings. The zero-order valence-electron chi connectivity index (χ0n) is 15.4. The van der Waals surface area contributed by atoms with Gasteiger partial charge in [0.05, 0.1) is 5.69 Å². The number of aliphatic hydroxyl groups is 1. The number of aliphatic hydroxyl groups excluding tert-OH is 1. The molecule has 6 heteroatoms. The van der Waals surface area contributed by atoms with Crippen molar-refractivity contribution in [1.29, 1.82) is 0 Å². The van der Waals surface area contributed by atoms with E-state index in [9.17, 15) is 14.7 Å². The van der Waals surface area contributed by atoms with Gasteiger partial charge in [-0.05, 0) is 18.1 Å². The van der Waals surface area contributed by atoms with E-state index in [0.29, 0.717) is 17.7 Å². The summed E-state index contributed by atoms with van der Waals surface area (Å²) in [5.74, 6) is -0.662. The average molecular weight is 371 g/mol. The second kappa shape index (κ2) is 11.0. The number of amides is 1. The van der Waals surface area contributed by atoms with Crippen molar-refractivity contribution >= 4 is 17.7 Å². The van der Waals surface area contributed by atoms with Crippen LogP contribution in [0.1, 0.15) is 37.3 Å². The predicted molar refractivity (Wildman–Crippen MR) is 102 cm³/mol. The highest BCUT2D eigenvalue weighted by Crippen LogP contribution is 2.17. The number of ether oxygens (including phenoxy) is 2. The Labute approximate surface area is 159 Å². The molecule has 6 nitrogen and oxygen atoms in total. The molecule has 2 rings (SSSR count). The van der Waals surface area contributed by atoms with Gasteiger partial charge in [-0.25, -0.2) is 9.59 Å². The lowest BCUT2D eigenvalue weighted by Gasteiger charge is -2.13. The second-order valence-electron chi connectivity index (χ2n) is 6.11. The number of unbranched alkanes of at least 4 members (excludes halogenated alkanes) is 1. The van der Waals surface area contributed by atoms with E-state index in [2.05, 4.69) is 5.32 Å². The molecule has 0 radical (unpaired) electrons. The van der Waals surface area contributed by atoms with Crippen molar-refractivity contribution in [3.8, 4) is 0 Å². The lowest BCUT2D eigenvalue weighted by molar-refractivity contribution is -0.155. The molecule has 0 aliphatic heterocycles. The van der Waals surface area contributed by atoms with Gasteiger partial charge in [0.25, 0.3) is 0 Å². The van der Waals surface area contributed by atoms with Crippen LogP contribution < -0.4 is 5.32 Å². The van der Waals surface area contributed by atoms with Crippen LogP contribution in [0.5, 0.6) is 0 Å². The molecule has 0 bridgehead atoms. The van der Waals surface area contributed by atoms with E-state index < -0.39 is 18.2 Å². The minimum Gasteiger partial charge on any atom is -0.459 e. The van der Waals surface area contributed by atoms with Crippen molar-refractivity contribution in [1.82, 2.24) is 0 Å². The minimum atomic E-state index is -1.12. The molecule has 0 heterocycles. The maximum atomic E-state index is 12.0. The Hall–Kier alpha value is -2.86. The van der Waals surface area contributed by atoms with E-state index >= 15 is 0 Å². The fourth-order valence-corrected chi connectivity index (χ4v) is 2.40. The summed E-state index contributed by atoms with van der Waals surface area (Å²) >= 11 is 0. The summed E-state index contributed by atoms with van der Waals surface area (Å²) in [6.07, 6.45) is 0.298. The molecule has 2 aromatic rings. The van der Waals surface area contributed by atoms with Crippen LogP contribution in [0.25, 0.3) is 0 Å². The van der Waals surface area contributed by atoms with Gasteiger partial charge in [0.2, 0.25) is 0 Å². The van der Waals surface area contributed by atoms with E-state index in [0.717, 1.165) is 18.4 Å². The number of esters is 1. The summed E-state index contributed by atoms with van der Waals surface area (Å²) in [6.45, 7) is 2.10. The van der Waals surface area contributed by atoms with Crippen LogP contribution in [0.15, 0.2) is 54.6 Å². The number of rotatable bonds is 9. The largest absolute Gasteiger partial charge is 0.459 e. The van der Waals surface area contributed by atoms with Crippen LogP contribution in [-0.4, -0.2) is 23.3 Å². The first kappa shape index (κ1) is 20.5. The number of hydrogen-bond acceptors (Lipinski definition) is 5. The monoisotopic (exact) mass is 371 g/mol. The molecule has 0 fully saturated rings. The highest BCUT2D eigenvalue weighted by atomic mass is 16.6. The number of carbonyl (C=O) groups is 2. The first-order valence-electron chi connectivity index (χ1n) is 9.00. The minimum absolute atomic E-state index is 0.0445. The van der Waals surface area contributed by atoms with Crippen LogP contribution in [0.3, 0.4) is 0 Å². The first-order valence-corrected chi connectivity index (χ1v) is 9.00. The predicted octanol–water partition coefficient (Wildman–Crippen LogP) is 4.03. The third kappa shape index (κ3) is 7.11. The van der Waals surface area contributed by atoms with Gasteiger partial charge in [-0.3, -0.25) is 5.32 Å². The van der Waals surface area contributed by atoms with Gasteiger partial charge in [-0.1, -0.05) is 68.3 Å². The number of para-hydroxylation sites is 1. The molecule has 1 atom stereocenters. The maximum absolute atomic E-state index is 12.0. The smallest absolute Gasteiger partial charge is 0.411 e. The molecule has 1 amide bonds. The van der Waals surface area contributed by atoms with Crippen LogP contribution in [0.2, 0.25) is 0 Å². The third-order valence-electron chi connectivity index (χ3n) is 3.94. The van der Waals surface area contributed by atoms with Gasteiger partial charge in [-0.2, -0.15) is 0 Å². The molecule has 144 valence electrons. The molecule has 0 aromatic heterocycles. The molecule has 2 aromatic carbocycles. The Morgan fingerprint density at radius 3 is 2.44 bits per heavy atom. The SMILES string of the molecule is CCCC[C@H](O)C(=O)OCc1ccccc1NC(=O)OCc1ccccc1. The van der Waals surface area contributed by atoms with Crippen molar-refractivity contribution in [3.05, 3.63) is 65.7 Å². The van der Waals surface area contributed by atoms with E-state index in [1.165, 1.54) is 0 Å². The Balaban J connectivity index is 1.87. The van der Waals surface area contributed by atoms with Crippen LogP contribution in [-0.2, 0) is 27.5 Å². The van der Waals surface area contributed by atoms with Crippen LogP contribution >= 0.6 is 0 Å². The molecular formula is C21H25NO5. The third-order valence-corrected chi connectivity index (χ3v) is 3.94. The van der Waals surface area contributed by atoms with E-state index in [-0.39, 0.29) is 13.2 Å². The summed E-state index contributed by atoms with van der Waals surface area (Å²) in [5.41, 5.74) is 1.99. The maximum Gasteiger partial charge on any atom is 0.411 e. The fourth-order valence-electron chi connectivity index (χ4n) is 2.40. The Bertz CT molecular complexity index is 732. The van der Waals surface area contributed by atoms with E-state index in [1.807, 2.05) is 37.3 Å². The normalized spacial score (nSPS) is 11.5. The highest BCUT2D eigenvalue weighted by Gasteiger charge is 2.17. The van der Waals surface area contributed by atoms with Gasteiger partial charge >= 0.3 is 12.1 Å². The van der Waals surface area contributed by atoms with Crippen molar-refractivity contribution in [2.45, 2.75) is 45.5 Å². The molecule has 27 heavy (non-hydrogen) atoms. The number of anilines is 1. The zero-order chi connectivity index (χ0) is 19.5. The fraction of sp³-hybridized carbons (Fsp3) is 0.333. The van der Waals surface area contributed by atoms with Gasteiger partial charge in [0, 0.05) is 5.56 Å². The van der Waals surface area contributed by atoms with E-state index in [4.69, 9.17) is 9.47 Å². The van der Waals surface area contributed by atoms with E-state index in [1.54, 1.807) is 24.3 Å². The molecule has 2 N–H and O–H groups in total. The lowest BCUT2D eigenvalue weighted by Crippen LogP contribution is -2.23. The number of benzene rings is 2. The average Bonchev–Trinajstić information content (AvgIpc) is 2.70. The quantitative estimate of drug-likeness (QED) is 0.650. The molecular weight excluding hydrogens is 346 g/mol. The molecule has 0 spiro atoms. The summed E-state index contributed by atoms with van der Waals surface area (Å²) in [5, 5.41) is 12.4. The first-order chi connectivity index (χ1) is 13.1. The summed E-state index contributed by atoms with van der Waals surface area (Å²) in [4.78, 5) is 23.9. The van der Waals surface area contributed by atoms with Crippen molar-refractivity contribution in [3.63, 3.8) is 0 Å². The highest BCUT2D eigenvalue weighted by molar-refractivity contribution is 5.85. The standard InChI is InChI=1S/C21H25NO5/c1-2-3-13-19(23)20(24)26-15-17-11-7-8-12-18(17)22-21(25)27-14-16-9-5-4-6-10-16/h4-12,19,23H,2-3,13-15H2,1H3,(H,22,25)/t19-/m0/s1. The Morgan fingerprint density at radius 1 is 1.00 bits per heavy atom. The topological polar surface area (TPSA) is 84.9 Å². The van der Waals surface area contributed by atoms with Crippen LogP contribution in [0.4, 0.5) is 10.5 Å². The van der Waals surface area contributed by atoms with Crippen molar-refractivity contribution in [2.75, 3.05) is 5.32 Å².